The largest absolute Gasteiger partial charge is 0.495 e. The number of aliphatic hydroxyl groups is 1. The van der Waals surface area contributed by atoms with Gasteiger partial charge in [0.15, 0.2) is 0 Å². The van der Waals surface area contributed by atoms with Crippen LogP contribution in [0.1, 0.15) is 18.4 Å². The van der Waals surface area contributed by atoms with Crippen molar-refractivity contribution in [2.45, 2.75) is 31.5 Å². The van der Waals surface area contributed by atoms with E-state index < -0.39 is 0 Å². The number of methoxy groups -OCH3 is 1. The zero-order chi connectivity index (χ0) is 17.9. The van der Waals surface area contributed by atoms with E-state index in [0.717, 1.165) is 49.6 Å². The molecule has 3 heterocycles. The molecule has 2 aromatic rings. The average Bonchev–Trinajstić information content (AvgIpc) is 3.04. The van der Waals surface area contributed by atoms with E-state index in [-0.39, 0.29) is 12.1 Å². The van der Waals surface area contributed by atoms with Crippen molar-refractivity contribution >= 4 is 5.82 Å². The molecule has 1 aliphatic carbocycles. The molecule has 4 atom stereocenters. The average molecular weight is 355 g/mol. The lowest BCUT2D eigenvalue weighted by Crippen LogP contribution is -2.43. The van der Waals surface area contributed by atoms with Gasteiger partial charge in [-0.3, -0.25) is 14.9 Å². The van der Waals surface area contributed by atoms with E-state index in [4.69, 9.17) is 4.74 Å². The Morgan fingerprint density at radius 3 is 2.77 bits per heavy atom. The summed E-state index contributed by atoms with van der Waals surface area (Å²) in [6.07, 6.45) is 10.1. The third kappa shape index (κ3) is 3.78. The lowest BCUT2D eigenvalue weighted by atomic mass is 9.77. The maximum absolute atomic E-state index is 10.6. The lowest BCUT2D eigenvalue weighted by molar-refractivity contribution is 0.0735. The fourth-order valence-corrected chi connectivity index (χ4v) is 4.30. The highest BCUT2D eigenvalue weighted by atomic mass is 16.5. The van der Waals surface area contributed by atoms with E-state index in [1.807, 2.05) is 12.3 Å². The number of hydrogen-bond acceptors (Lipinski definition) is 7. The number of anilines is 1. The molecule has 2 N–H and O–H groups in total. The normalized spacial score (nSPS) is 28.5. The molecular weight excluding hydrogens is 330 g/mol. The molecule has 1 aliphatic heterocycles. The van der Waals surface area contributed by atoms with E-state index in [0.29, 0.717) is 11.8 Å². The minimum Gasteiger partial charge on any atom is -0.495 e. The summed E-state index contributed by atoms with van der Waals surface area (Å²) in [6.45, 7) is 2.94. The lowest BCUT2D eigenvalue weighted by Gasteiger charge is -2.35. The molecule has 1 saturated carbocycles. The maximum Gasteiger partial charge on any atom is 0.144 e. The Morgan fingerprint density at radius 2 is 2.00 bits per heavy atom. The van der Waals surface area contributed by atoms with E-state index in [9.17, 15) is 5.11 Å². The van der Waals surface area contributed by atoms with Crippen LogP contribution in [-0.4, -0.2) is 57.3 Å². The Bertz CT molecular complexity index is 729. The first-order valence-electron chi connectivity index (χ1n) is 9.12. The fourth-order valence-electron chi connectivity index (χ4n) is 4.30. The molecule has 1 saturated heterocycles. The van der Waals surface area contributed by atoms with E-state index in [1.165, 1.54) is 0 Å². The summed E-state index contributed by atoms with van der Waals surface area (Å²) in [5.74, 6) is 2.66. The fraction of sp³-hybridized carbons (Fsp3) is 0.526. The van der Waals surface area contributed by atoms with Crippen LogP contribution in [0.4, 0.5) is 5.82 Å². The van der Waals surface area contributed by atoms with Gasteiger partial charge in [0.25, 0.3) is 0 Å². The molecule has 138 valence electrons. The van der Waals surface area contributed by atoms with Crippen molar-refractivity contribution in [3.63, 3.8) is 0 Å². The van der Waals surface area contributed by atoms with Gasteiger partial charge in [0.05, 0.1) is 31.6 Å². The van der Waals surface area contributed by atoms with Crippen molar-refractivity contribution in [2.24, 2.45) is 11.8 Å². The van der Waals surface area contributed by atoms with Crippen LogP contribution in [0.2, 0.25) is 0 Å². The predicted octanol–water partition coefficient (Wildman–Crippen LogP) is 1.56. The van der Waals surface area contributed by atoms with Gasteiger partial charge in [0, 0.05) is 38.2 Å². The van der Waals surface area contributed by atoms with Gasteiger partial charge in [-0.1, -0.05) is 0 Å². The standard InChI is InChI=1S/C19H25N5O2/c1-26-16-4-13(7-21-8-16)10-24-11-14-5-17(18(25)6-15(14)12-24)23-19-9-20-2-3-22-19/h2-4,7-9,14-15,17-18,25H,5-6,10-12H2,1H3,(H,22,23)/t14-,15+,17-,18-/m1/s1. The number of aliphatic hydroxyl groups excluding tert-OH is 1. The number of nitrogens with one attached hydrogen (secondary N) is 1. The summed E-state index contributed by atoms with van der Waals surface area (Å²) in [5, 5.41) is 13.9. The SMILES string of the molecule is COc1cncc(CN2C[C@H]3C[C@@H](Nc4cnccn4)[C@H](O)C[C@H]3C2)c1. The van der Waals surface area contributed by atoms with Gasteiger partial charge in [-0.2, -0.15) is 0 Å². The number of aromatic nitrogens is 3. The van der Waals surface area contributed by atoms with Gasteiger partial charge < -0.3 is 15.2 Å². The van der Waals surface area contributed by atoms with Crippen LogP contribution in [0.25, 0.3) is 0 Å². The quantitative estimate of drug-likeness (QED) is 0.842. The molecule has 7 nitrogen and oxygen atoms in total. The van der Waals surface area contributed by atoms with E-state index >= 15 is 0 Å². The van der Waals surface area contributed by atoms with Crippen molar-refractivity contribution in [1.82, 2.24) is 19.9 Å². The summed E-state index contributed by atoms with van der Waals surface area (Å²) in [4.78, 5) is 15.1. The Kier molecular flexibility index (Phi) is 4.99. The van der Waals surface area contributed by atoms with E-state index in [2.05, 4.69) is 25.2 Å². The molecule has 0 amide bonds. The van der Waals surface area contributed by atoms with Gasteiger partial charge in [-0.15, -0.1) is 0 Å². The number of nitrogens with zero attached hydrogens (tertiary/aromatic N) is 4. The van der Waals surface area contributed by atoms with Crippen molar-refractivity contribution in [3.8, 4) is 5.75 Å². The summed E-state index contributed by atoms with van der Waals surface area (Å²) < 4.78 is 5.27. The van der Waals surface area contributed by atoms with Crippen LogP contribution in [0.5, 0.6) is 5.75 Å². The molecule has 2 fully saturated rings. The van der Waals surface area contributed by atoms with Gasteiger partial charge in [-0.05, 0) is 36.3 Å². The Labute approximate surface area is 153 Å². The molecule has 0 aromatic carbocycles. The van der Waals surface area contributed by atoms with Gasteiger partial charge >= 0.3 is 0 Å². The molecular formula is C19H25N5O2. The maximum atomic E-state index is 10.6. The second-order valence-corrected chi connectivity index (χ2v) is 7.33. The number of pyridine rings is 1. The number of rotatable bonds is 5. The first-order chi connectivity index (χ1) is 12.7. The summed E-state index contributed by atoms with van der Waals surface area (Å²) in [6, 6.07) is 2.08. The summed E-state index contributed by atoms with van der Waals surface area (Å²) >= 11 is 0. The van der Waals surface area contributed by atoms with Crippen molar-refractivity contribution < 1.29 is 9.84 Å². The third-order valence-electron chi connectivity index (χ3n) is 5.53. The highest BCUT2D eigenvalue weighted by Crippen LogP contribution is 2.38. The second kappa shape index (κ2) is 7.55. The Balaban J connectivity index is 1.37. The third-order valence-corrected chi connectivity index (χ3v) is 5.53. The molecule has 2 aromatic heterocycles. The number of ether oxygens (including phenoxy) is 1. The van der Waals surface area contributed by atoms with Crippen molar-refractivity contribution in [1.29, 1.82) is 0 Å². The molecule has 2 aliphatic rings. The molecule has 7 heteroatoms. The first kappa shape index (κ1) is 17.2. The smallest absolute Gasteiger partial charge is 0.144 e. The highest BCUT2D eigenvalue weighted by molar-refractivity contribution is 5.32. The number of fused-ring (bicyclic) bond motifs is 1. The van der Waals surface area contributed by atoms with Crippen LogP contribution in [0.15, 0.2) is 37.1 Å². The minimum absolute atomic E-state index is 0.0337. The summed E-state index contributed by atoms with van der Waals surface area (Å²) in [5.41, 5.74) is 1.16. The molecule has 0 spiro atoms. The van der Waals surface area contributed by atoms with Crippen molar-refractivity contribution in [2.75, 3.05) is 25.5 Å². The van der Waals surface area contributed by atoms with Gasteiger partial charge in [-0.25, -0.2) is 4.98 Å². The van der Waals surface area contributed by atoms with Crippen LogP contribution in [0.3, 0.4) is 0 Å². The van der Waals surface area contributed by atoms with Gasteiger partial charge in [0.2, 0.25) is 0 Å². The predicted molar refractivity (Wildman–Crippen MR) is 97.7 cm³/mol. The first-order valence-corrected chi connectivity index (χ1v) is 9.12. The van der Waals surface area contributed by atoms with Crippen LogP contribution in [0, 0.1) is 11.8 Å². The monoisotopic (exact) mass is 355 g/mol. The molecule has 4 rings (SSSR count). The molecule has 0 unspecified atom stereocenters. The zero-order valence-corrected chi connectivity index (χ0v) is 15.0. The van der Waals surface area contributed by atoms with E-state index in [1.54, 1.807) is 31.9 Å². The summed E-state index contributed by atoms with van der Waals surface area (Å²) in [7, 11) is 1.66. The second-order valence-electron chi connectivity index (χ2n) is 7.33. The topological polar surface area (TPSA) is 83.4 Å². The Morgan fingerprint density at radius 1 is 1.15 bits per heavy atom. The molecule has 26 heavy (non-hydrogen) atoms. The van der Waals surface area contributed by atoms with Crippen LogP contribution in [-0.2, 0) is 6.54 Å². The minimum atomic E-state index is -0.350. The van der Waals surface area contributed by atoms with Crippen LogP contribution < -0.4 is 10.1 Å². The molecule has 0 radical (unpaired) electrons. The van der Waals surface area contributed by atoms with Gasteiger partial charge in [0.1, 0.15) is 11.6 Å². The zero-order valence-electron chi connectivity index (χ0n) is 15.0. The number of hydrogen-bond donors (Lipinski definition) is 2. The van der Waals surface area contributed by atoms with Crippen molar-refractivity contribution in [3.05, 3.63) is 42.6 Å². The highest BCUT2D eigenvalue weighted by Gasteiger charge is 2.41. The Hall–Kier alpha value is -2.25. The molecule has 0 bridgehead atoms. The number of likely N-dealkylation sites (tertiary alicyclic amines) is 1. The van der Waals surface area contributed by atoms with Crippen LogP contribution >= 0.6 is 0 Å².